The van der Waals surface area contributed by atoms with Gasteiger partial charge < -0.3 is 32.2 Å². The van der Waals surface area contributed by atoms with E-state index in [1.165, 1.54) is 22.3 Å². The van der Waals surface area contributed by atoms with E-state index in [9.17, 15) is 0 Å². The molecule has 0 radical (unpaired) electrons. The molecule has 0 N–H and O–H groups in total. The molecule has 0 saturated heterocycles. The second-order valence-electron chi connectivity index (χ2n) is 6.47. The van der Waals surface area contributed by atoms with E-state index in [0.717, 1.165) is 25.7 Å². The predicted octanol–water partition coefficient (Wildman–Crippen LogP) is 2.76. The fourth-order valence-corrected chi connectivity index (χ4v) is 2.98. The molecule has 0 nitrogen and oxygen atoms in total. The molecule has 0 heterocycles. The van der Waals surface area contributed by atoms with Crippen molar-refractivity contribution in [3.8, 4) is 0 Å². The third kappa shape index (κ3) is 15.4. The minimum absolute atomic E-state index is 0. The molecule has 31 heavy (non-hydrogen) atoms. The van der Waals surface area contributed by atoms with Crippen molar-refractivity contribution >= 4 is 17.0 Å². The summed E-state index contributed by atoms with van der Waals surface area (Å²) < 4.78 is 0. The minimum Gasteiger partial charge on any atom is 4.00 e. The number of rotatable bonds is 1. The minimum atomic E-state index is -0.826. The zero-order chi connectivity index (χ0) is 20.1. The van der Waals surface area contributed by atoms with Crippen molar-refractivity contribution in [2.75, 3.05) is 0 Å². The van der Waals surface area contributed by atoms with Gasteiger partial charge in [-0.2, -0.15) is 12.2 Å². The fraction of sp³-hybridized carbons (Fsp3) is 0.320. The van der Waals surface area contributed by atoms with Gasteiger partial charge in [-0.25, -0.2) is 24.3 Å². The monoisotopic (exact) mass is 651 g/mol. The smallest absolute Gasteiger partial charge is 4.00 e. The molecular weight excluding hydrogens is 625 g/mol. The van der Waals surface area contributed by atoms with Crippen LogP contribution in [-0.4, -0.2) is 0 Å². The van der Waals surface area contributed by atoms with Crippen LogP contribution in [0.2, 0.25) is 0 Å². The molecular formula is C25H31Cl4Zr2-. The molecule has 6 heteroatoms. The Labute approximate surface area is 241 Å². The van der Waals surface area contributed by atoms with Gasteiger partial charge in [0, 0.05) is 0 Å². The maximum absolute atomic E-state index is 4.93. The van der Waals surface area contributed by atoms with Gasteiger partial charge >= 0.3 is 64.1 Å². The van der Waals surface area contributed by atoms with Crippen LogP contribution < -0.4 is 24.8 Å². The van der Waals surface area contributed by atoms with Crippen LogP contribution >= 0.6 is 17.0 Å². The van der Waals surface area contributed by atoms with E-state index in [1.54, 1.807) is 11.1 Å². The molecule has 0 amide bonds. The Morgan fingerprint density at radius 1 is 0.742 bits per heavy atom. The van der Waals surface area contributed by atoms with E-state index in [2.05, 4.69) is 64.2 Å². The summed E-state index contributed by atoms with van der Waals surface area (Å²) >= 11 is -0.826. The van der Waals surface area contributed by atoms with Crippen molar-refractivity contribution < 1.29 is 71.9 Å². The number of hydrogen-bond donors (Lipinski definition) is 0. The quantitative estimate of drug-likeness (QED) is 0.382. The zero-order valence-electron chi connectivity index (χ0n) is 19.0. The van der Waals surface area contributed by atoms with Gasteiger partial charge in [0.1, 0.15) is 0 Å². The standard InChI is InChI=1S/C14H18.2C5H5.CH3.4ClH.2Zr/c1-9-5-7-13(11(9)3)14-8-6-10(2)12(14)4;2*1-2-4-5-3-1;;;;;;;/h5-6H,7-8H2,1-4H3;2*1-3H,4H2;1H3;4*1H;;/q;3*-1;;;;;+2;+4/p-4. The van der Waals surface area contributed by atoms with Crippen molar-refractivity contribution in [2.45, 2.75) is 53.4 Å². The first kappa shape index (κ1) is 39.1. The van der Waals surface area contributed by atoms with Crippen LogP contribution in [0.5, 0.6) is 0 Å². The van der Waals surface area contributed by atoms with Gasteiger partial charge in [-0.05, 0) is 62.8 Å². The summed E-state index contributed by atoms with van der Waals surface area (Å²) in [6, 6.07) is 0. The molecule has 4 aliphatic carbocycles. The molecule has 0 unspecified atom stereocenters. The van der Waals surface area contributed by atoms with Crippen LogP contribution in [-0.2, 0) is 47.1 Å². The van der Waals surface area contributed by atoms with Crippen molar-refractivity contribution in [1.82, 2.24) is 0 Å². The van der Waals surface area contributed by atoms with Gasteiger partial charge in [-0.15, -0.1) is 12.8 Å². The Kier molecular flexibility index (Phi) is 30.2. The van der Waals surface area contributed by atoms with Gasteiger partial charge in [0.15, 0.2) is 0 Å². The molecule has 0 spiro atoms. The van der Waals surface area contributed by atoms with Gasteiger partial charge in [-0.3, -0.25) is 12.2 Å². The Balaban J connectivity index is -0.000000181. The molecule has 0 saturated carbocycles. The van der Waals surface area contributed by atoms with Gasteiger partial charge in [0.05, 0.1) is 0 Å². The predicted molar refractivity (Wildman–Crippen MR) is 123 cm³/mol. The van der Waals surface area contributed by atoms with Crippen LogP contribution in [0.15, 0.2) is 82.0 Å². The maximum Gasteiger partial charge on any atom is 4.00 e. The fourth-order valence-electron chi connectivity index (χ4n) is 2.98. The third-order valence-electron chi connectivity index (χ3n) is 4.85. The van der Waals surface area contributed by atoms with Crippen LogP contribution in [0, 0.1) is 19.6 Å². The molecule has 4 aliphatic rings. The first-order valence-corrected chi connectivity index (χ1v) is 15.5. The van der Waals surface area contributed by atoms with E-state index < -0.39 is 20.8 Å². The maximum atomic E-state index is 4.93. The summed E-state index contributed by atoms with van der Waals surface area (Å²) in [4.78, 5) is 0. The van der Waals surface area contributed by atoms with Crippen LogP contribution in [0.4, 0.5) is 0 Å². The summed E-state index contributed by atoms with van der Waals surface area (Å²) in [7, 11) is 9.87. The van der Waals surface area contributed by atoms with Crippen molar-refractivity contribution in [3.05, 3.63) is 102 Å². The third-order valence-corrected chi connectivity index (χ3v) is 4.85. The zero-order valence-corrected chi connectivity index (χ0v) is 26.9. The number of hydrogen-bond acceptors (Lipinski definition) is 0. The summed E-state index contributed by atoms with van der Waals surface area (Å²) in [5.41, 5.74) is 9.08. The second-order valence-corrected chi connectivity index (χ2v) is 10.2. The SMILES string of the molecule is CC1=CCC(C2=C(C)C(C)=CC2)=C1C.[C-]1=CC=CC1.[C-]1=CC=CC1.[CH3-].[Cl-].[Cl-].[Cl][Zr][Cl].[Zr+4]. The van der Waals surface area contributed by atoms with Gasteiger partial charge in [-0.1, -0.05) is 23.3 Å². The summed E-state index contributed by atoms with van der Waals surface area (Å²) in [6.45, 7) is 8.94. The molecule has 0 fully saturated rings. The molecule has 0 aromatic rings. The van der Waals surface area contributed by atoms with Crippen molar-refractivity contribution in [1.29, 1.82) is 0 Å². The van der Waals surface area contributed by atoms with E-state index in [1.807, 2.05) is 24.3 Å². The molecule has 4 rings (SSSR count). The number of halogens is 4. The van der Waals surface area contributed by atoms with Crippen LogP contribution in [0.1, 0.15) is 53.4 Å². The first-order chi connectivity index (χ1) is 13.0. The van der Waals surface area contributed by atoms with E-state index in [4.69, 9.17) is 17.0 Å². The molecule has 0 aliphatic heterocycles. The average Bonchev–Trinajstić information content (AvgIpc) is 3.45. The molecule has 0 aromatic heterocycles. The molecule has 168 valence electrons. The molecule has 0 aromatic carbocycles. The summed E-state index contributed by atoms with van der Waals surface area (Å²) in [6.07, 6.45) is 27.0. The summed E-state index contributed by atoms with van der Waals surface area (Å²) in [5, 5.41) is 0. The summed E-state index contributed by atoms with van der Waals surface area (Å²) in [5.74, 6) is 0. The van der Waals surface area contributed by atoms with E-state index >= 15 is 0 Å². The second kappa shape index (κ2) is 24.0. The Hall–Kier alpha value is 0.846. The van der Waals surface area contributed by atoms with Gasteiger partial charge in [0.2, 0.25) is 0 Å². The van der Waals surface area contributed by atoms with Crippen molar-refractivity contribution in [2.24, 2.45) is 0 Å². The topological polar surface area (TPSA) is 0 Å². The van der Waals surface area contributed by atoms with Gasteiger partial charge in [0.25, 0.3) is 0 Å². The number of allylic oxidation sites excluding steroid dienone is 16. The van der Waals surface area contributed by atoms with Crippen LogP contribution in [0.3, 0.4) is 0 Å². The van der Waals surface area contributed by atoms with E-state index in [0.29, 0.717) is 0 Å². The largest absolute Gasteiger partial charge is 4.00 e. The molecule has 0 bridgehead atoms. The molecule has 0 atom stereocenters. The average molecular weight is 656 g/mol. The Morgan fingerprint density at radius 2 is 1.06 bits per heavy atom. The van der Waals surface area contributed by atoms with Crippen molar-refractivity contribution in [3.63, 3.8) is 0 Å². The normalized spacial score (nSPS) is 16.1. The Bertz CT molecular complexity index is 655. The van der Waals surface area contributed by atoms with Crippen LogP contribution in [0.25, 0.3) is 0 Å². The van der Waals surface area contributed by atoms with E-state index in [-0.39, 0.29) is 58.4 Å². The first-order valence-electron chi connectivity index (χ1n) is 9.16. The Morgan fingerprint density at radius 3 is 1.19 bits per heavy atom.